The molecule has 2 heterocycles. The molecule has 1 fully saturated rings. The molecule has 8 nitrogen and oxygen atoms in total. The fourth-order valence-corrected chi connectivity index (χ4v) is 4.31. The number of aryl methyl sites for hydroxylation is 1. The van der Waals surface area contributed by atoms with Gasteiger partial charge >= 0.3 is 0 Å². The van der Waals surface area contributed by atoms with Crippen molar-refractivity contribution in [2.75, 3.05) is 62.4 Å². The van der Waals surface area contributed by atoms with Gasteiger partial charge in [-0.2, -0.15) is 4.31 Å². The predicted octanol–water partition coefficient (Wildman–Crippen LogP) is 1.38. The van der Waals surface area contributed by atoms with Crippen molar-refractivity contribution >= 4 is 21.7 Å². The predicted molar refractivity (Wildman–Crippen MR) is 111 cm³/mol. The number of nitrogens with zero attached hydrogens (tertiary/aromatic N) is 5. The van der Waals surface area contributed by atoms with Gasteiger partial charge in [-0.3, -0.25) is 0 Å². The van der Waals surface area contributed by atoms with Crippen LogP contribution < -0.4 is 14.5 Å². The van der Waals surface area contributed by atoms with Crippen LogP contribution in [0.4, 0.5) is 11.6 Å². The van der Waals surface area contributed by atoms with Crippen LogP contribution in [0.1, 0.15) is 5.82 Å². The second kappa shape index (κ2) is 8.74. The van der Waals surface area contributed by atoms with Crippen LogP contribution in [0.25, 0.3) is 0 Å². The van der Waals surface area contributed by atoms with Gasteiger partial charge in [0.2, 0.25) is 10.0 Å². The van der Waals surface area contributed by atoms with Crippen LogP contribution in [0.5, 0.6) is 5.75 Å². The van der Waals surface area contributed by atoms with Gasteiger partial charge < -0.3 is 14.5 Å². The van der Waals surface area contributed by atoms with Crippen LogP contribution in [0.2, 0.25) is 0 Å². The van der Waals surface area contributed by atoms with E-state index in [9.17, 15) is 8.42 Å². The molecule has 2 aromatic rings. The first kappa shape index (κ1) is 20.3. The third kappa shape index (κ3) is 5.11. The zero-order valence-corrected chi connectivity index (χ0v) is 17.4. The van der Waals surface area contributed by atoms with Crippen LogP contribution in [0.3, 0.4) is 0 Å². The highest BCUT2D eigenvalue weighted by Crippen LogP contribution is 2.20. The highest BCUT2D eigenvalue weighted by molar-refractivity contribution is 7.89. The Hall–Kier alpha value is -2.39. The molecule has 152 valence electrons. The van der Waals surface area contributed by atoms with E-state index >= 15 is 0 Å². The lowest BCUT2D eigenvalue weighted by Gasteiger charge is -2.35. The van der Waals surface area contributed by atoms with Crippen LogP contribution in [0, 0.1) is 6.92 Å². The summed E-state index contributed by atoms with van der Waals surface area (Å²) in [6.07, 6.45) is 0. The molecule has 0 bridgehead atoms. The summed E-state index contributed by atoms with van der Waals surface area (Å²) in [6, 6.07) is 11.2. The van der Waals surface area contributed by atoms with E-state index < -0.39 is 10.0 Å². The third-order valence-electron chi connectivity index (χ3n) is 4.58. The molecule has 0 saturated carbocycles. The first-order valence-electron chi connectivity index (χ1n) is 9.29. The van der Waals surface area contributed by atoms with E-state index in [0.717, 1.165) is 11.6 Å². The van der Waals surface area contributed by atoms with Gasteiger partial charge in [0.05, 0.1) is 5.75 Å². The number of piperazine rings is 1. The molecular formula is C19H27N5O3S. The highest BCUT2D eigenvalue weighted by atomic mass is 32.2. The summed E-state index contributed by atoms with van der Waals surface area (Å²) in [5.74, 6) is 3.03. The lowest BCUT2D eigenvalue weighted by atomic mass is 10.3. The second-order valence-electron chi connectivity index (χ2n) is 6.89. The SMILES string of the molecule is Cc1nc(N(C)C)cc(N2CCN(S(=O)(=O)CCOc3ccccc3)CC2)n1. The molecule has 9 heteroatoms. The summed E-state index contributed by atoms with van der Waals surface area (Å²) >= 11 is 0. The van der Waals surface area contributed by atoms with E-state index in [1.807, 2.05) is 62.3 Å². The molecule has 0 radical (unpaired) electrons. The molecule has 0 atom stereocenters. The van der Waals surface area contributed by atoms with Crippen molar-refractivity contribution < 1.29 is 13.2 Å². The maximum absolute atomic E-state index is 12.6. The Kier molecular flexibility index (Phi) is 6.35. The monoisotopic (exact) mass is 405 g/mol. The number of ether oxygens (including phenoxy) is 1. The average molecular weight is 406 g/mol. The van der Waals surface area contributed by atoms with E-state index in [4.69, 9.17) is 4.74 Å². The zero-order chi connectivity index (χ0) is 20.1. The fraction of sp³-hybridized carbons (Fsp3) is 0.474. The van der Waals surface area contributed by atoms with Crippen LogP contribution in [-0.4, -0.2) is 75.3 Å². The molecule has 3 rings (SSSR count). The molecule has 28 heavy (non-hydrogen) atoms. The minimum absolute atomic E-state index is 0.0285. The Morgan fingerprint density at radius 3 is 2.39 bits per heavy atom. The van der Waals surface area contributed by atoms with Gasteiger partial charge in [0.1, 0.15) is 29.8 Å². The summed E-state index contributed by atoms with van der Waals surface area (Å²) in [6.45, 7) is 4.08. The number of aromatic nitrogens is 2. The Balaban J connectivity index is 1.55. The van der Waals surface area contributed by atoms with E-state index in [-0.39, 0.29) is 12.4 Å². The topological polar surface area (TPSA) is 78.9 Å². The van der Waals surface area contributed by atoms with Gasteiger partial charge in [-0.1, -0.05) is 18.2 Å². The summed E-state index contributed by atoms with van der Waals surface area (Å²) < 4.78 is 32.3. The molecule has 0 amide bonds. The van der Waals surface area contributed by atoms with Crippen molar-refractivity contribution in [1.29, 1.82) is 0 Å². The van der Waals surface area contributed by atoms with Crippen molar-refractivity contribution in [2.24, 2.45) is 0 Å². The van der Waals surface area contributed by atoms with Crippen LogP contribution in [-0.2, 0) is 10.0 Å². The number of benzene rings is 1. The van der Waals surface area contributed by atoms with Crippen molar-refractivity contribution in [3.63, 3.8) is 0 Å². The number of rotatable bonds is 7. The van der Waals surface area contributed by atoms with E-state index in [0.29, 0.717) is 37.8 Å². The number of para-hydroxylation sites is 1. The molecule has 0 unspecified atom stereocenters. The lowest BCUT2D eigenvalue weighted by Crippen LogP contribution is -2.50. The zero-order valence-electron chi connectivity index (χ0n) is 16.6. The summed E-state index contributed by atoms with van der Waals surface area (Å²) in [5, 5.41) is 0. The average Bonchev–Trinajstić information content (AvgIpc) is 2.68. The van der Waals surface area contributed by atoms with Crippen molar-refractivity contribution in [2.45, 2.75) is 6.92 Å². The van der Waals surface area contributed by atoms with Gasteiger partial charge in [-0.25, -0.2) is 18.4 Å². The number of hydrogen-bond donors (Lipinski definition) is 0. The molecule has 0 aliphatic carbocycles. The molecule has 1 saturated heterocycles. The Labute approximate surface area is 166 Å². The maximum atomic E-state index is 12.6. The second-order valence-corrected chi connectivity index (χ2v) is 8.98. The smallest absolute Gasteiger partial charge is 0.217 e. The minimum Gasteiger partial charge on any atom is -0.492 e. The number of anilines is 2. The Bertz CT molecular complexity index is 882. The molecule has 0 N–H and O–H groups in total. The molecule has 1 aliphatic rings. The largest absolute Gasteiger partial charge is 0.492 e. The van der Waals surface area contributed by atoms with E-state index in [1.165, 1.54) is 0 Å². The quantitative estimate of drug-likeness (QED) is 0.689. The fourth-order valence-electron chi connectivity index (χ4n) is 3.03. The molecule has 0 spiro atoms. The molecule has 1 aliphatic heterocycles. The van der Waals surface area contributed by atoms with Crippen LogP contribution in [0.15, 0.2) is 36.4 Å². The summed E-state index contributed by atoms with van der Waals surface area (Å²) in [4.78, 5) is 13.0. The lowest BCUT2D eigenvalue weighted by molar-refractivity contribution is 0.331. The standard InChI is InChI=1S/C19H27N5O3S/c1-16-20-18(22(2)3)15-19(21-16)23-9-11-24(12-10-23)28(25,26)14-13-27-17-7-5-4-6-8-17/h4-8,15H,9-14H2,1-3H3. The van der Waals surface area contributed by atoms with Crippen molar-refractivity contribution in [3.8, 4) is 5.75 Å². The normalized spacial score (nSPS) is 15.5. The summed E-state index contributed by atoms with van der Waals surface area (Å²) in [7, 11) is 0.528. The Morgan fingerprint density at radius 1 is 1.07 bits per heavy atom. The van der Waals surface area contributed by atoms with Crippen LogP contribution >= 0.6 is 0 Å². The van der Waals surface area contributed by atoms with Gasteiger partial charge in [-0.05, 0) is 19.1 Å². The third-order valence-corrected chi connectivity index (χ3v) is 6.41. The molecule has 1 aromatic heterocycles. The van der Waals surface area contributed by atoms with Gasteiger partial charge in [-0.15, -0.1) is 0 Å². The van der Waals surface area contributed by atoms with Gasteiger partial charge in [0, 0.05) is 46.3 Å². The van der Waals surface area contributed by atoms with Gasteiger partial charge in [0.25, 0.3) is 0 Å². The maximum Gasteiger partial charge on any atom is 0.217 e. The highest BCUT2D eigenvalue weighted by Gasteiger charge is 2.27. The molecule has 1 aromatic carbocycles. The minimum atomic E-state index is -3.35. The summed E-state index contributed by atoms with van der Waals surface area (Å²) in [5.41, 5.74) is 0. The molecular weight excluding hydrogens is 378 g/mol. The van der Waals surface area contributed by atoms with Crippen molar-refractivity contribution in [3.05, 3.63) is 42.2 Å². The number of sulfonamides is 1. The van der Waals surface area contributed by atoms with E-state index in [1.54, 1.807) is 4.31 Å². The number of hydrogen-bond acceptors (Lipinski definition) is 7. The van der Waals surface area contributed by atoms with Gasteiger partial charge in [0.15, 0.2) is 0 Å². The first-order chi connectivity index (χ1) is 13.3. The Morgan fingerprint density at radius 2 is 1.75 bits per heavy atom. The van der Waals surface area contributed by atoms with E-state index in [2.05, 4.69) is 14.9 Å². The first-order valence-corrected chi connectivity index (χ1v) is 10.9. The van der Waals surface area contributed by atoms with Crippen molar-refractivity contribution in [1.82, 2.24) is 14.3 Å².